The maximum absolute atomic E-state index is 12.2. The second-order valence-corrected chi connectivity index (χ2v) is 5.13. The lowest BCUT2D eigenvalue weighted by atomic mass is 10.2. The van der Waals surface area contributed by atoms with E-state index in [0.717, 1.165) is 10.9 Å². The quantitative estimate of drug-likeness (QED) is 0.799. The number of nitrogens with zero attached hydrogens (tertiary/aromatic N) is 3. The lowest BCUT2D eigenvalue weighted by Crippen LogP contribution is -2.27. The van der Waals surface area contributed by atoms with Crippen LogP contribution in [0.4, 0.5) is 5.69 Å². The highest BCUT2D eigenvalue weighted by Gasteiger charge is 2.08. The largest absolute Gasteiger partial charge is 0.323 e. The molecule has 0 atom stereocenters. The van der Waals surface area contributed by atoms with Gasteiger partial charge in [-0.2, -0.15) is 0 Å². The van der Waals surface area contributed by atoms with Gasteiger partial charge in [-0.1, -0.05) is 25.1 Å². The zero-order chi connectivity index (χ0) is 16.2. The number of aryl methyl sites for hydroxylation is 1. The van der Waals surface area contributed by atoms with Gasteiger partial charge in [0.25, 0.3) is 5.56 Å². The Morgan fingerprint density at radius 1 is 1.22 bits per heavy atom. The van der Waals surface area contributed by atoms with Gasteiger partial charge in [0.15, 0.2) is 0 Å². The second-order valence-electron chi connectivity index (χ2n) is 5.13. The van der Waals surface area contributed by atoms with E-state index in [1.165, 1.54) is 17.0 Å². The van der Waals surface area contributed by atoms with Crippen LogP contribution >= 0.6 is 0 Å². The van der Waals surface area contributed by atoms with Gasteiger partial charge in [-0.3, -0.25) is 19.1 Å². The van der Waals surface area contributed by atoms with E-state index in [-0.39, 0.29) is 18.0 Å². The second kappa shape index (κ2) is 6.39. The first-order chi connectivity index (χ1) is 11.2. The smallest absolute Gasteiger partial charge is 0.253 e. The molecule has 6 heteroatoms. The van der Waals surface area contributed by atoms with Crippen LogP contribution in [-0.2, 0) is 17.8 Å². The van der Waals surface area contributed by atoms with E-state index in [9.17, 15) is 9.59 Å². The molecule has 0 bridgehead atoms. The number of benzene rings is 1. The predicted octanol–water partition coefficient (Wildman–Crippen LogP) is 1.99. The number of hydrogen-bond acceptors (Lipinski definition) is 4. The number of anilines is 1. The molecular weight excluding hydrogens is 292 g/mol. The first-order valence-electron chi connectivity index (χ1n) is 7.36. The van der Waals surface area contributed by atoms with Gasteiger partial charge in [0, 0.05) is 23.3 Å². The van der Waals surface area contributed by atoms with Crippen molar-refractivity contribution >= 4 is 22.5 Å². The van der Waals surface area contributed by atoms with E-state index < -0.39 is 0 Å². The van der Waals surface area contributed by atoms with Crippen LogP contribution in [0.15, 0.2) is 53.7 Å². The predicted molar refractivity (Wildman–Crippen MR) is 88.2 cm³/mol. The van der Waals surface area contributed by atoms with Crippen LogP contribution in [0.5, 0.6) is 0 Å². The Hall–Kier alpha value is -3.02. The summed E-state index contributed by atoms with van der Waals surface area (Å²) in [6.07, 6.45) is 3.77. The third kappa shape index (κ3) is 3.26. The van der Waals surface area contributed by atoms with Gasteiger partial charge in [0.05, 0.1) is 17.5 Å². The van der Waals surface area contributed by atoms with Crippen molar-refractivity contribution in [2.24, 2.45) is 0 Å². The number of amides is 1. The molecule has 1 amide bonds. The molecule has 0 spiro atoms. The highest BCUT2D eigenvalue weighted by Crippen LogP contribution is 2.20. The number of carbonyl (C=O) groups excluding carboxylic acids is 1. The molecular formula is C17H16N4O2. The van der Waals surface area contributed by atoms with Crippen molar-refractivity contribution in [3.8, 4) is 0 Å². The van der Waals surface area contributed by atoms with Crippen molar-refractivity contribution in [1.29, 1.82) is 0 Å². The van der Waals surface area contributed by atoms with Crippen LogP contribution in [0.25, 0.3) is 10.9 Å². The SMILES string of the molecule is CCc1cc(=O)n(CC(=O)Nc2cccc3cccnc23)cn1. The number of hydrogen-bond donors (Lipinski definition) is 1. The van der Waals surface area contributed by atoms with Crippen LogP contribution < -0.4 is 10.9 Å². The van der Waals surface area contributed by atoms with Gasteiger partial charge < -0.3 is 5.32 Å². The lowest BCUT2D eigenvalue weighted by molar-refractivity contribution is -0.116. The summed E-state index contributed by atoms with van der Waals surface area (Å²) in [5, 5.41) is 3.74. The Morgan fingerprint density at radius 3 is 2.83 bits per heavy atom. The van der Waals surface area contributed by atoms with Crippen molar-refractivity contribution in [3.63, 3.8) is 0 Å². The average molecular weight is 308 g/mol. The minimum atomic E-state index is -0.295. The highest BCUT2D eigenvalue weighted by atomic mass is 16.2. The maximum atomic E-state index is 12.2. The summed E-state index contributed by atoms with van der Waals surface area (Å²) in [5.74, 6) is -0.295. The monoisotopic (exact) mass is 308 g/mol. The Labute approximate surface area is 132 Å². The van der Waals surface area contributed by atoms with Crippen LogP contribution in [-0.4, -0.2) is 20.4 Å². The number of aromatic nitrogens is 3. The number of nitrogens with one attached hydrogen (secondary N) is 1. The standard InChI is InChI=1S/C17H16N4O2/c1-2-13-9-16(23)21(11-19-13)10-15(22)20-14-7-3-5-12-6-4-8-18-17(12)14/h3-9,11H,2,10H2,1H3,(H,20,22). The minimum absolute atomic E-state index is 0.0843. The lowest BCUT2D eigenvalue weighted by Gasteiger charge is -2.09. The van der Waals surface area contributed by atoms with Crippen molar-refractivity contribution in [2.45, 2.75) is 19.9 Å². The van der Waals surface area contributed by atoms with E-state index in [1.54, 1.807) is 12.3 Å². The van der Waals surface area contributed by atoms with Gasteiger partial charge in [-0.25, -0.2) is 4.98 Å². The number of para-hydroxylation sites is 1. The summed E-state index contributed by atoms with van der Waals surface area (Å²) >= 11 is 0. The van der Waals surface area contributed by atoms with Gasteiger partial charge in [0.1, 0.15) is 6.54 Å². The zero-order valence-corrected chi connectivity index (χ0v) is 12.7. The summed E-state index contributed by atoms with van der Waals surface area (Å²) in [7, 11) is 0. The molecule has 23 heavy (non-hydrogen) atoms. The minimum Gasteiger partial charge on any atom is -0.323 e. The van der Waals surface area contributed by atoms with Crippen molar-refractivity contribution in [2.75, 3.05) is 5.32 Å². The third-order valence-electron chi connectivity index (χ3n) is 3.52. The number of pyridine rings is 1. The Bertz CT molecular complexity index is 912. The average Bonchev–Trinajstić information content (AvgIpc) is 2.57. The molecule has 0 unspecified atom stereocenters. The summed E-state index contributed by atoms with van der Waals surface area (Å²) in [6.45, 7) is 1.84. The molecule has 2 aromatic heterocycles. The summed E-state index contributed by atoms with van der Waals surface area (Å²) in [5.41, 5.74) is 1.82. The van der Waals surface area contributed by atoms with Gasteiger partial charge in [-0.05, 0) is 18.6 Å². The van der Waals surface area contributed by atoms with E-state index in [1.807, 2.05) is 31.2 Å². The summed E-state index contributed by atoms with van der Waals surface area (Å²) in [4.78, 5) is 32.6. The Kier molecular flexibility index (Phi) is 4.14. The van der Waals surface area contributed by atoms with Crippen molar-refractivity contribution < 1.29 is 4.79 Å². The van der Waals surface area contributed by atoms with Gasteiger partial charge in [0.2, 0.25) is 5.91 Å². The maximum Gasteiger partial charge on any atom is 0.253 e. The first kappa shape index (κ1) is 14.9. The number of rotatable bonds is 4. The summed E-state index contributed by atoms with van der Waals surface area (Å²) in [6, 6.07) is 10.8. The fourth-order valence-electron chi connectivity index (χ4n) is 2.33. The highest BCUT2D eigenvalue weighted by molar-refractivity contribution is 6.00. The molecule has 6 nitrogen and oxygen atoms in total. The topological polar surface area (TPSA) is 76.9 Å². The Balaban J connectivity index is 1.80. The molecule has 1 N–H and O–H groups in total. The Morgan fingerprint density at radius 2 is 2.04 bits per heavy atom. The molecule has 0 radical (unpaired) electrons. The normalized spacial score (nSPS) is 10.7. The van der Waals surface area contributed by atoms with Gasteiger partial charge in [-0.15, -0.1) is 0 Å². The molecule has 0 saturated heterocycles. The molecule has 0 fully saturated rings. The number of carbonyl (C=O) groups is 1. The van der Waals surface area contributed by atoms with E-state index >= 15 is 0 Å². The molecule has 3 aromatic rings. The zero-order valence-electron chi connectivity index (χ0n) is 12.7. The molecule has 0 aliphatic carbocycles. The van der Waals surface area contributed by atoms with Crippen LogP contribution in [0.1, 0.15) is 12.6 Å². The van der Waals surface area contributed by atoms with Crippen LogP contribution in [0.2, 0.25) is 0 Å². The number of fused-ring (bicyclic) bond motifs is 1. The third-order valence-corrected chi connectivity index (χ3v) is 3.52. The van der Waals surface area contributed by atoms with Gasteiger partial charge >= 0.3 is 0 Å². The fraction of sp³-hybridized carbons (Fsp3) is 0.176. The van der Waals surface area contributed by atoms with Crippen molar-refractivity contribution in [1.82, 2.24) is 14.5 Å². The van der Waals surface area contributed by atoms with E-state index in [4.69, 9.17) is 0 Å². The molecule has 1 aromatic carbocycles. The summed E-state index contributed by atoms with van der Waals surface area (Å²) < 4.78 is 1.28. The first-order valence-corrected chi connectivity index (χ1v) is 7.36. The molecule has 0 saturated carbocycles. The molecule has 2 heterocycles. The molecule has 0 aliphatic heterocycles. The fourth-order valence-corrected chi connectivity index (χ4v) is 2.33. The van der Waals surface area contributed by atoms with E-state index in [2.05, 4.69) is 15.3 Å². The van der Waals surface area contributed by atoms with Crippen molar-refractivity contribution in [3.05, 3.63) is 65.0 Å². The van der Waals surface area contributed by atoms with Crippen LogP contribution in [0.3, 0.4) is 0 Å². The van der Waals surface area contributed by atoms with Crippen LogP contribution in [0, 0.1) is 0 Å². The van der Waals surface area contributed by atoms with E-state index in [0.29, 0.717) is 17.8 Å². The molecule has 116 valence electrons. The molecule has 3 rings (SSSR count). The molecule has 0 aliphatic rings.